The molecule has 1 saturated heterocycles. The number of carbonyl (C=O) groups excluding carboxylic acids is 1. The lowest BCUT2D eigenvalue weighted by Crippen LogP contribution is -2.42. The predicted octanol–water partition coefficient (Wildman–Crippen LogP) is 1.47. The average Bonchev–Trinajstić information content (AvgIpc) is 2.91. The molecule has 3 aliphatic rings. The van der Waals surface area contributed by atoms with Crippen molar-refractivity contribution < 1.29 is 14.6 Å². The number of nitrogens with one attached hydrogen (secondary N) is 1. The third-order valence-electron chi connectivity index (χ3n) is 6.36. The van der Waals surface area contributed by atoms with Gasteiger partial charge in [0.15, 0.2) is 0 Å². The number of hydrogen-bond donors (Lipinski definition) is 2. The van der Waals surface area contributed by atoms with Crippen molar-refractivity contribution in [2.24, 2.45) is 16.7 Å². The highest BCUT2D eigenvalue weighted by Crippen LogP contribution is 2.66. The van der Waals surface area contributed by atoms with Crippen LogP contribution < -0.4 is 5.32 Å². The van der Waals surface area contributed by atoms with Gasteiger partial charge in [-0.1, -0.05) is 20.8 Å². The first-order valence-corrected chi connectivity index (χ1v) is 7.46. The quantitative estimate of drug-likeness (QED) is 0.744. The molecule has 2 bridgehead atoms. The fourth-order valence-corrected chi connectivity index (χ4v) is 4.43. The summed E-state index contributed by atoms with van der Waals surface area (Å²) in [7, 11) is 0. The molecule has 4 nitrogen and oxygen atoms in total. The zero-order valence-corrected chi connectivity index (χ0v) is 12.1. The Morgan fingerprint density at radius 1 is 1.32 bits per heavy atom. The number of ether oxygens (including phenoxy) is 1. The highest BCUT2D eigenvalue weighted by molar-refractivity contribution is 5.76. The van der Waals surface area contributed by atoms with Crippen LogP contribution in [0.4, 0.5) is 0 Å². The van der Waals surface area contributed by atoms with Gasteiger partial charge in [0.1, 0.15) is 12.1 Å². The molecular weight excluding hydrogens is 242 g/mol. The summed E-state index contributed by atoms with van der Waals surface area (Å²) in [6, 6.07) is -0.319. The van der Waals surface area contributed by atoms with Crippen LogP contribution in [0.5, 0.6) is 0 Å². The lowest BCUT2D eigenvalue weighted by atomic mass is 9.70. The summed E-state index contributed by atoms with van der Waals surface area (Å²) < 4.78 is 5.80. The molecule has 0 aromatic carbocycles. The van der Waals surface area contributed by atoms with Crippen LogP contribution in [0.3, 0.4) is 0 Å². The minimum absolute atomic E-state index is 0.0493. The predicted molar refractivity (Wildman–Crippen MR) is 71.5 cm³/mol. The summed E-state index contributed by atoms with van der Waals surface area (Å²) in [5.74, 6) is 0.503. The molecule has 3 unspecified atom stereocenters. The number of fused-ring (bicyclic) bond motifs is 2. The highest BCUT2D eigenvalue weighted by Gasteiger charge is 2.63. The van der Waals surface area contributed by atoms with E-state index in [-0.39, 0.29) is 28.9 Å². The molecule has 5 atom stereocenters. The monoisotopic (exact) mass is 267 g/mol. The largest absolute Gasteiger partial charge is 0.461 e. The van der Waals surface area contributed by atoms with Gasteiger partial charge in [0.05, 0.1) is 6.10 Å². The van der Waals surface area contributed by atoms with Gasteiger partial charge in [0, 0.05) is 18.4 Å². The zero-order chi connectivity index (χ0) is 13.8. The highest BCUT2D eigenvalue weighted by atomic mass is 16.5. The lowest BCUT2D eigenvalue weighted by molar-refractivity contribution is -0.159. The molecule has 108 valence electrons. The number of carbonyl (C=O) groups is 1. The second-order valence-corrected chi connectivity index (χ2v) is 7.39. The first-order valence-electron chi connectivity index (χ1n) is 7.46. The molecule has 2 saturated carbocycles. The van der Waals surface area contributed by atoms with Gasteiger partial charge in [-0.25, -0.2) is 0 Å². The molecule has 0 aromatic heterocycles. The Morgan fingerprint density at radius 2 is 2.05 bits per heavy atom. The fourth-order valence-electron chi connectivity index (χ4n) is 4.43. The minimum atomic E-state index is -0.412. The Labute approximate surface area is 114 Å². The van der Waals surface area contributed by atoms with Crippen LogP contribution in [0.25, 0.3) is 0 Å². The van der Waals surface area contributed by atoms with Crippen LogP contribution in [0.1, 0.15) is 46.5 Å². The molecule has 3 rings (SSSR count). The topological polar surface area (TPSA) is 58.6 Å². The van der Waals surface area contributed by atoms with Crippen molar-refractivity contribution in [3.05, 3.63) is 0 Å². The number of aliphatic hydroxyl groups is 1. The first kappa shape index (κ1) is 13.4. The molecule has 4 heteroatoms. The molecule has 19 heavy (non-hydrogen) atoms. The van der Waals surface area contributed by atoms with E-state index in [1.165, 1.54) is 6.42 Å². The van der Waals surface area contributed by atoms with E-state index >= 15 is 0 Å². The van der Waals surface area contributed by atoms with Crippen LogP contribution in [-0.2, 0) is 9.53 Å². The lowest BCUT2D eigenvalue weighted by Gasteiger charge is -2.38. The number of esters is 1. The molecule has 0 radical (unpaired) electrons. The van der Waals surface area contributed by atoms with E-state index in [9.17, 15) is 9.90 Å². The second kappa shape index (κ2) is 4.19. The van der Waals surface area contributed by atoms with Crippen LogP contribution in [0, 0.1) is 16.7 Å². The standard InChI is InChI=1S/C15H25NO3/c1-14(2)9-4-5-15(14,3)12(6-9)19-13(18)11-7-10(17)8-16-11/h9-12,16-17H,4-8H2,1-3H3/t9?,10-,11-,12?,15?/m1/s1. The van der Waals surface area contributed by atoms with Gasteiger partial charge in [-0.15, -0.1) is 0 Å². The van der Waals surface area contributed by atoms with Crippen molar-refractivity contribution in [1.29, 1.82) is 0 Å². The van der Waals surface area contributed by atoms with Gasteiger partial charge >= 0.3 is 5.97 Å². The average molecular weight is 267 g/mol. The van der Waals surface area contributed by atoms with E-state index in [1.54, 1.807) is 0 Å². The molecule has 1 heterocycles. The third kappa shape index (κ3) is 1.83. The summed E-state index contributed by atoms with van der Waals surface area (Å²) in [6.45, 7) is 7.40. The maximum atomic E-state index is 12.2. The maximum Gasteiger partial charge on any atom is 0.323 e. The van der Waals surface area contributed by atoms with Crippen LogP contribution in [-0.4, -0.2) is 35.9 Å². The van der Waals surface area contributed by atoms with Crippen LogP contribution in [0.15, 0.2) is 0 Å². The van der Waals surface area contributed by atoms with Crippen LogP contribution >= 0.6 is 0 Å². The first-order chi connectivity index (χ1) is 8.84. The van der Waals surface area contributed by atoms with Gasteiger partial charge in [-0.05, 0) is 30.6 Å². The summed E-state index contributed by atoms with van der Waals surface area (Å²) in [5, 5.41) is 12.5. The van der Waals surface area contributed by atoms with E-state index in [0.717, 1.165) is 12.8 Å². The number of rotatable bonds is 2. The summed E-state index contributed by atoms with van der Waals surface area (Å²) in [6.07, 6.45) is 3.54. The Balaban J connectivity index is 1.67. The van der Waals surface area contributed by atoms with Gasteiger partial charge in [-0.3, -0.25) is 4.79 Å². The Morgan fingerprint density at radius 3 is 2.53 bits per heavy atom. The van der Waals surface area contributed by atoms with Crippen molar-refractivity contribution in [3.8, 4) is 0 Å². The maximum absolute atomic E-state index is 12.2. The van der Waals surface area contributed by atoms with Gasteiger partial charge in [-0.2, -0.15) is 0 Å². The smallest absolute Gasteiger partial charge is 0.323 e. The van der Waals surface area contributed by atoms with Crippen LogP contribution in [0.2, 0.25) is 0 Å². The van der Waals surface area contributed by atoms with Crippen molar-refractivity contribution in [2.45, 2.75) is 64.7 Å². The van der Waals surface area contributed by atoms with E-state index in [0.29, 0.717) is 18.9 Å². The molecule has 0 amide bonds. The Bertz CT molecular complexity index is 395. The summed E-state index contributed by atoms with van der Waals surface area (Å²) >= 11 is 0. The number of aliphatic hydroxyl groups excluding tert-OH is 1. The third-order valence-corrected chi connectivity index (χ3v) is 6.36. The fraction of sp³-hybridized carbons (Fsp3) is 0.933. The molecule has 2 aliphatic carbocycles. The van der Waals surface area contributed by atoms with Crippen molar-refractivity contribution in [2.75, 3.05) is 6.54 Å². The van der Waals surface area contributed by atoms with E-state index in [2.05, 4.69) is 26.1 Å². The second-order valence-electron chi connectivity index (χ2n) is 7.39. The Kier molecular flexibility index (Phi) is 2.95. The number of hydrogen-bond acceptors (Lipinski definition) is 4. The van der Waals surface area contributed by atoms with Gasteiger partial charge in [0.25, 0.3) is 0 Å². The molecule has 0 spiro atoms. The molecule has 2 N–H and O–H groups in total. The van der Waals surface area contributed by atoms with E-state index < -0.39 is 6.10 Å². The zero-order valence-electron chi connectivity index (χ0n) is 12.1. The normalized spacial score (nSPS) is 47.6. The molecule has 3 fully saturated rings. The summed E-state index contributed by atoms with van der Waals surface area (Å²) in [5.41, 5.74) is 0.380. The minimum Gasteiger partial charge on any atom is -0.461 e. The van der Waals surface area contributed by atoms with E-state index in [1.807, 2.05) is 0 Å². The molecule has 1 aliphatic heterocycles. The molecular formula is C15H25NO3. The van der Waals surface area contributed by atoms with Crippen molar-refractivity contribution >= 4 is 5.97 Å². The van der Waals surface area contributed by atoms with Crippen molar-refractivity contribution in [1.82, 2.24) is 5.32 Å². The SMILES string of the molecule is CC1(C)C2CCC1(C)C(OC(=O)[C@H]1C[C@@H](O)CN1)C2. The van der Waals surface area contributed by atoms with Gasteiger partial charge < -0.3 is 15.2 Å². The molecule has 0 aromatic rings. The van der Waals surface area contributed by atoms with Crippen molar-refractivity contribution in [3.63, 3.8) is 0 Å². The van der Waals surface area contributed by atoms with E-state index in [4.69, 9.17) is 4.74 Å². The summed E-state index contributed by atoms with van der Waals surface area (Å²) in [4.78, 5) is 12.2. The Hall–Kier alpha value is -0.610. The number of β-amino-alcohol motifs (C(OH)–C–C–N with tert-alkyl or cyclic N) is 1. The van der Waals surface area contributed by atoms with Gasteiger partial charge in [0.2, 0.25) is 0 Å².